The van der Waals surface area contributed by atoms with Crippen LogP contribution in [0.25, 0.3) is 0 Å². The molecule has 0 amide bonds. The van der Waals surface area contributed by atoms with Crippen molar-refractivity contribution in [3.8, 4) is 0 Å². The van der Waals surface area contributed by atoms with Crippen LogP contribution in [-0.4, -0.2) is 49.8 Å². The molecule has 1 N–H and O–H groups in total. The van der Waals surface area contributed by atoms with Gasteiger partial charge in [-0.2, -0.15) is 0 Å². The minimum Gasteiger partial charge on any atom is -0.378 e. The Kier molecular flexibility index (Phi) is 6.61. The molecule has 1 fully saturated rings. The van der Waals surface area contributed by atoms with Gasteiger partial charge in [0.1, 0.15) is 0 Å². The maximum absolute atomic E-state index is 5.59. The Morgan fingerprint density at radius 1 is 1.39 bits per heavy atom. The molecule has 18 heavy (non-hydrogen) atoms. The summed E-state index contributed by atoms with van der Waals surface area (Å²) >= 11 is 0. The molecule has 0 aromatic heterocycles. The van der Waals surface area contributed by atoms with Crippen molar-refractivity contribution in [2.45, 2.75) is 59.5 Å². The second-order valence-electron chi connectivity index (χ2n) is 6.27. The molecule has 0 bridgehead atoms. The average Bonchev–Trinajstić information content (AvgIpc) is 2.36. The van der Waals surface area contributed by atoms with E-state index >= 15 is 0 Å². The lowest BCUT2D eigenvalue weighted by atomic mass is 9.84. The monoisotopic (exact) mass is 256 g/mol. The molecular formula is C15H32N2O. The summed E-state index contributed by atoms with van der Waals surface area (Å²) in [4.78, 5) is 2.62. The van der Waals surface area contributed by atoms with Crippen LogP contribution in [0.4, 0.5) is 0 Å². The van der Waals surface area contributed by atoms with E-state index in [4.69, 9.17) is 4.74 Å². The first-order valence-corrected chi connectivity index (χ1v) is 7.56. The molecular weight excluding hydrogens is 224 g/mol. The Balaban J connectivity index is 2.51. The highest BCUT2D eigenvalue weighted by atomic mass is 16.5. The van der Waals surface area contributed by atoms with Gasteiger partial charge in [0.15, 0.2) is 0 Å². The number of ether oxygens (including phenoxy) is 1. The molecule has 2 unspecified atom stereocenters. The molecule has 1 heterocycles. The Morgan fingerprint density at radius 3 is 2.72 bits per heavy atom. The lowest BCUT2D eigenvalue weighted by Crippen LogP contribution is -2.53. The van der Waals surface area contributed by atoms with Crippen LogP contribution < -0.4 is 5.32 Å². The molecule has 3 heteroatoms. The van der Waals surface area contributed by atoms with Crippen molar-refractivity contribution < 1.29 is 4.74 Å². The fraction of sp³-hybridized carbons (Fsp3) is 1.00. The van der Waals surface area contributed by atoms with Crippen molar-refractivity contribution >= 4 is 0 Å². The van der Waals surface area contributed by atoms with Crippen molar-refractivity contribution in [2.75, 3.05) is 32.8 Å². The first-order valence-electron chi connectivity index (χ1n) is 7.56. The molecule has 0 aliphatic carbocycles. The van der Waals surface area contributed by atoms with Crippen LogP contribution in [0.5, 0.6) is 0 Å². The molecule has 108 valence electrons. The van der Waals surface area contributed by atoms with Crippen molar-refractivity contribution in [2.24, 2.45) is 5.41 Å². The Morgan fingerprint density at radius 2 is 2.11 bits per heavy atom. The molecule has 1 aliphatic rings. The zero-order valence-electron chi connectivity index (χ0n) is 13.0. The van der Waals surface area contributed by atoms with Crippen LogP contribution in [0, 0.1) is 5.41 Å². The van der Waals surface area contributed by atoms with E-state index in [1.54, 1.807) is 0 Å². The maximum Gasteiger partial charge on any atom is 0.0622 e. The lowest BCUT2D eigenvalue weighted by Gasteiger charge is -2.42. The van der Waals surface area contributed by atoms with Gasteiger partial charge in [-0.1, -0.05) is 27.7 Å². The summed E-state index contributed by atoms with van der Waals surface area (Å²) in [5.74, 6) is 0. The number of rotatable bonds is 7. The molecule has 1 rings (SSSR count). The van der Waals surface area contributed by atoms with E-state index in [1.165, 1.54) is 12.8 Å². The number of nitrogens with one attached hydrogen (secondary N) is 1. The quantitative estimate of drug-likeness (QED) is 0.757. The van der Waals surface area contributed by atoms with E-state index in [-0.39, 0.29) is 0 Å². The van der Waals surface area contributed by atoms with Crippen LogP contribution >= 0.6 is 0 Å². The number of hydrogen-bond acceptors (Lipinski definition) is 3. The highest BCUT2D eigenvalue weighted by Gasteiger charge is 2.31. The summed E-state index contributed by atoms with van der Waals surface area (Å²) in [7, 11) is 0. The Labute approximate surface area is 113 Å². The molecule has 0 saturated carbocycles. The van der Waals surface area contributed by atoms with Crippen molar-refractivity contribution in [3.63, 3.8) is 0 Å². The van der Waals surface area contributed by atoms with E-state index in [1.807, 2.05) is 0 Å². The number of hydrogen-bond donors (Lipinski definition) is 1. The molecule has 2 atom stereocenters. The van der Waals surface area contributed by atoms with Crippen molar-refractivity contribution in [1.82, 2.24) is 10.2 Å². The summed E-state index contributed by atoms with van der Waals surface area (Å²) in [5.41, 5.74) is 0.305. The zero-order valence-corrected chi connectivity index (χ0v) is 13.0. The van der Waals surface area contributed by atoms with Crippen LogP contribution in [-0.2, 0) is 4.74 Å². The molecule has 0 spiro atoms. The second kappa shape index (κ2) is 7.46. The number of nitrogens with zero attached hydrogens (tertiary/aromatic N) is 1. The Bertz CT molecular complexity index is 231. The van der Waals surface area contributed by atoms with Gasteiger partial charge in [0.05, 0.1) is 13.2 Å². The summed E-state index contributed by atoms with van der Waals surface area (Å²) in [6.45, 7) is 16.7. The Hall–Kier alpha value is -0.120. The molecule has 1 aliphatic heterocycles. The van der Waals surface area contributed by atoms with E-state index in [0.29, 0.717) is 17.5 Å². The fourth-order valence-corrected chi connectivity index (χ4v) is 2.57. The smallest absolute Gasteiger partial charge is 0.0622 e. The molecule has 0 aromatic rings. The standard InChI is InChI=1S/C15H32N2O/c1-6-8-16-13(3)15(4,5)12-17-9-10-18-11-14(17)7-2/h13-14,16H,6-12H2,1-5H3. The SMILES string of the molecule is CCCNC(C)C(C)(C)CN1CCOCC1CC. The molecule has 3 nitrogen and oxygen atoms in total. The minimum absolute atomic E-state index is 0.305. The minimum atomic E-state index is 0.305. The van der Waals surface area contributed by atoms with Gasteiger partial charge in [0.25, 0.3) is 0 Å². The predicted molar refractivity (Wildman–Crippen MR) is 78.0 cm³/mol. The summed E-state index contributed by atoms with van der Waals surface area (Å²) in [5, 5.41) is 3.64. The van der Waals surface area contributed by atoms with Gasteiger partial charge in [-0.05, 0) is 31.7 Å². The van der Waals surface area contributed by atoms with E-state index in [0.717, 1.165) is 32.8 Å². The third-order valence-electron chi connectivity index (χ3n) is 4.30. The third-order valence-corrected chi connectivity index (χ3v) is 4.30. The van der Waals surface area contributed by atoms with Crippen LogP contribution in [0.2, 0.25) is 0 Å². The maximum atomic E-state index is 5.59. The molecule has 1 saturated heterocycles. The van der Waals surface area contributed by atoms with E-state index in [9.17, 15) is 0 Å². The van der Waals surface area contributed by atoms with Gasteiger partial charge in [0.2, 0.25) is 0 Å². The van der Waals surface area contributed by atoms with E-state index in [2.05, 4.69) is 44.8 Å². The zero-order chi connectivity index (χ0) is 13.6. The van der Waals surface area contributed by atoms with Crippen LogP contribution in [0.15, 0.2) is 0 Å². The first kappa shape index (κ1) is 15.9. The van der Waals surface area contributed by atoms with E-state index < -0.39 is 0 Å². The normalized spacial score (nSPS) is 24.2. The lowest BCUT2D eigenvalue weighted by molar-refractivity contribution is -0.0277. The topological polar surface area (TPSA) is 24.5 Å². The van der Waals surface area contributed by atoms with Crippen LogP contribution in [0.3, 0.4) is 0 Å². The summed E-state index contributed by atoms with van der Waals surface area (Å²) in [6, 6.07) is 1.16. The van der Waals surface area contributed by atoms with Gasteiger partial charge in [0, 0.05) is 25.2 Å². The van der Waals surface area contributed by atoms with Gasteiger partial charge in [-0.3, -0.25) is 4.90 Å². The van der Waals surface area contributed by atoms with Crippen LogP contribution in [0.1, 0.15) is 47.5 Å². The molecule has 0 radical (unpaired) electrons. The highest BCUT2D eigenvalue weighted by Crippen LogP contribution is 2.25. The molecule has 0 aromatic carbocycles. The van der Waals surface area contributed by atoms with Crippen molar-refractivity contribution in [1.29, 1.82) is 0 Å². The van der Waals surface area contributed by atoms with Crippen molar-refractivity contribution in [3.05, 3.63) is 0 Å². The van der Waals surface area contributed by atoms with Gasteiger partial charge in [-0.15, -0.1) is 0 Å². The predicted octanol–water partition coefficient (Wildman–Crippen LogP) is 2.51. The van der Waals surface area contributed by atoms with Gasteiger partial charge >= 0.3 is 0 Å². The largest absolute Gasteiger partial charge is 0.378 e. The summed E-state index contributed by atoms with van der Waals surface area (Å²) in [6.07, 6.45) is 2.39. The first-order chi connectivity index (χ1) is 8.51. The number of morpholine rings is 1. The second-order valence-corrected chi connectivity index (χ2v) is 6.27. The highest BCUT2D eigenvalue weighted by molar-refractivity contribution is 4.87. The average molecular weight is 256 g/mol. The summed E-state index contributed by atoms with van der Waals surface area (Å²) < 4.78 is 5.59. The van der Waals surface area contributed by atoms with Gasteiger partial charge in [-0.25, -0.2) is 0 Å². The third kappa shape index (κ3) is 4.52. The fourth-order valence-electron chi connectivity index (χ4n) is 2.57. The van der Waals surface area contributed by atoms with Gasteiger partial charge < -0.3 is 10.1 Å².